The number of fused-ring (bicyclic) bond motifs is 1. The van der Waals surface area contributed by atoms with E-state index in [9.17, 15) is 43.2 Å². The minimum absolute atomic E-state index is 0.00340. The fourth-order valence-electron chi connectivity index (χ4n) is 9.13. The van der Waals surface area contributed by atoms with Crippen LogP contribution in [0.2, 0.25) is 0 Å². The molecule has 0 aliphatic heterocycles. The van der Waals surface area contributed by atoms with Gasteiger partial charge in [0.15, 0.2) is 0 Å². The summed E-state index contributed by atoms with van der Waals surface area (Å²) in [6, 6.07) is 7.66. The standard InChI is InChI=1S/C58H101N15O10/c1-7-26-66(55(79)43-72(35-45(2)3)58(82)42-71(31-32-83-6)51(75)34-64-25-14-10-21-59)38-54(78)70(30-20-47-33-65-49-19-9-8-18-48(47)49)40-53(77)69(29-17-13-24-62)41-57(81)73(36-46(4)5)44-56(80)68(28-16-12-23-61)39-52(76)67(37-50(63)74)27-15-11-22-60/h7-9,18-19,33,45-46,64-65H,1,10-17,20-32,34-44,59-62H2,2-6H3,(H2,63,74). The van der Waals surface area contributed by atoms with Crippen LogP contribution in [-0.4, -0.2) is 255 Å². The summed E-state index contributed by atoms with van der Waals surface area (Å²) in [4.78, 5) is 140. The molecule has 0 bridgehead atoms. The van der Waals surface area contributed by atoms with Crippen molar-refractivity contribution in [2.24, 2.45) is 40.5 Å². The predicted octanol–water partition coefficient (Wildman–Crippen LogP) is -0.486. The van der Waals surface area contributed by atoms with E-state index in [1.165, 1.54) is 52.4 Å². The molecule has 9 amide bonds. The van der Waals surface area contributed by atoms with E-state index in [4.69, 9.17) is 33.4 Å². The normalized spacial score (nSPS) is 11.2. The SMILES string of the molecule is C=CCN(CC(=O)N(CCc1c[nH]c2ccccc12)CC(=O)N(CCCCN)CC(=O)N(CC(=O)N(CCCCN)CC(=O)N(CCCCN)CC(N)=O)CC(C)C)C(=O)CN(CC(C)C)C(=O)CN(CCOC)C(=O)CNCCCCN. The maximum absolute atomic E-state index is 14.8. The molecule has 83 heavy (non-hydrogen) atoms. The summed E-state index contributed by atoms with van der Waals surface area (Å²) < 4.78 is 5.24. The van der Waals surface area contributed by atoms with Gasteiger partial charge in [-0.1, -0.05) is 52.0 Å². The first kappa shape index (κ1) is 72.6. The summed E-state index contributed by atoms with van der Waals surface area (Å²) in [6.07, 6.45) is 8.29. The molecular formula is C58H101N15O10. The summed E-state index contributed by atoms with van der Waals surface area (Å²) in [5.74, 6) is -4.94. The van der Waals surface area contributed by atoms with Gasteiger partial charge in [-0.15, -0.1) is 6.58 Å². The third-order valence-electron chi connectivity index (χ3n) is 13.6. The summed E-state index contributed by atoms with van der Waals surface area (Å²) >= 11 is 0. The average molecular weight is 1170 g/mol. The lowest BCUT2D eigenvalue weighted by molar-refractivity contribution is -0.148. The van der Waals surface area contributed by atoms with Crippen LogP contribution in [0.4, 0.5) is 0 Å². The fraction of sp³-hybridized carbons (Fsp3) is 0.672. The van der Waals surface area contributed by atoms with E-state index in [0.29, 0.717) is 77.7 Å². The number of nitrogens with one attached hydrogen (secondary N) is 2. The maximum atomic E-state index is 14.8. The van der Waals surface area contributed by atoms with E-state index in [1.807, 2.05) is 58.2 Å². The molecule has 1 heterocycles. The molecule has 25 nitrogen and oxygen atoms in total. The molecule has 0 radical (unpaired) electrons. The summed E-state index contributed by atoms with van der Waals surface area (Å²) in [7, 11) is 1.50. The lowest BCUT2D eigenvalue weighted by Crippen LogP contribution is -2.53. The van der Waals surface area contributed by atoms with Gasteiger partial charge in [0.2, 0.25) is 53.2 Å². The number of benzene rings is 1. The van der Waals surface area contributed by atoms with Crippen molar-refractivity contribution in [3.8, 4) is 0 Å². The Labute approximate surface area is 492 Å². The third-order valence-corrected chi connectivity index (χ3v) is 13.6. The smallest absolute Gasteiger partial charge is 0.242 e. The van der Waals surface area contributed by atoms with Crippen molar-refractivity contribution in [1.29, 1.82) is 0 Å². The van der Waals surface area contributed by atoms with Crippen molar-refractivity contribution in [2.75, 3.05) is 158 Å². The minimum Gasteiger partial charge on any atom is -0.383 e. The number of aromatic amines is 1. The predicted molar refractivity (Wildman–Crippen MR) is 322 cm³/mol. The Kier molecular flexibility index (Phi) is 36.3. The second kappa shape index (κ2) is 41.5. The molecule has 0 unspecified atom stereocenters. The molecule has 0 saturated heterocycles. The molecule has 1 aromatic carbocycles. The number of hydrogen-bond acceptors (Lipinski definition) is 15. The van der Waals surface area contributed by atoms with Crippen molar-refractivity contribution in [1.82, 2.24) is 49.5 Å². The number of unbranched alkanes of at least 4 members (excludes halogenated alkanes) is 4. The third kappa shape index (κ3) is 28.6. The zero-order valence-corrected chi connectivity index (χ0v) is 50.5. The lowest BCUT2D eigenvalue weighted by Gasteiger charge is -2.33. The molecule has 0 aliphatic rings. The fourth-order valence-corrected chi connectivity index (χ4v) is 9.13. The molecule has 0 aliphatic carbocycles. The van der Waals surface area contributed by atoms with Crippen LogP contribution in [-0.2, 0) is 54.3 Å². The molecular weight excluding hydrogens is 1070 g/mol. The molecule has 468 valence electrons. The lowest BCUT2D eigenvalue weighted by atomic mass is 10.1. The van der Waals surface area contributed by atoms with Crippen molar-refractivity contribution in [3.63, 3.8) is 0 Å². The molecule has 12 N–H and O–H groups in total. The highest BCUT2D eigenvalue weighted by Gasteiger charge is 2.31. The highest BCUT2D eigenvalue weighted by atomic mass is 16.5. The molecule has 0 atom stereocenters. The number of primary amides is 1. The van der Waals surface area contributed by atoms with Crippen LogP contribution in [0.1, 0.15) is 84.6 Å². The van der Waals surface area contributed by atoms with Gasteiger partial charge >= 0.3 is 0 Å². The van der Waals surface area contributed by atoms with E-state index >= 15 is 0 Å². The van der Waals surface area contributed by atoms with Crippen LogP contribution in [0.3, 0.4) is 0 Å². The number of amides is 9. The van der Waals surface area contributed by atoms with Crippen LogP contribution in [0, 0.1) is 11.8 Å². The second-order valence-corrected chi connectivity index (χ2v) is 21.7. The molecule has 0 saturated carbocycles. The first-order chi connectivity index (χ1) is 39.7. The van der Waals surface area contributed by atoms with Crippen molar-refractivity contribution >= 4 is 64.1 Å². The number of aromatic nitrogens is 1. The van der Waals surface area contributed by atoms with Gasteiger partial charge in [-0.05, 0) is 114 Å². The van der Waals surface area contributed by atoms with E-state index in [0.717, 1.165) is 29.3 Å². The van der Waals surface area contributed by atoms with Crippen molar-refractivity contribution < 1.29 is 47.9 Å². The van der Waals surface area contributed by atoms with Gasteiger partial charge in [-0.3, -0.25) is 43.2 Å². The quantitative estimate of drug-likeness (QED) is 0.0325. The number of para-hydroxylation sites is 1. The van der Waals surface area contributed by atoms with Gasteiger partial charge in [0.25, 0.3) is 0 Å². The first-order valence-electron chi connectivity index (χ1n) is 29.4. The highest BCUT2D eigenvalue weighted by molar-refractivity contribution is 5.94. The number of H-pyrrole nitrogens is 1. The highest BCUT2D eigenvalue weighted by Crippen LogP contribution is 2.19. The number of methoxy groups -OCH3 is 1. The monoisotopic (exact) mass is 1170 g/mol. The first-order valence-corrected chi connectivity index (χ1v) is 29.4. The zero-order valence-electron chi connectivity index (χ0n) is 50.5. The van der Waals surface area contributed by atoms with Gasteiger partial charge < -0.3 is 82.9 Å². The Hall–Kier alpha value is -6.51. The van der Waals surface area contributed by atoms with Gasteiger partial charge in [-0.25, -0.2) is 0 Å². The zero-order chi connectivity index (χ0) is 61.7. The Bertz CT molecular complexity index is 2320. The molecule has 2 rings (SSSR count). The minimum atomic E-state index is -0.709. The molecule has 0 fully saturated rings. The summed E-state index contributed by atoms with van der Waals surface area (Å²) in [5.41, 5.74) is 30.2. The number of nitrogens with two attached hydrogens (primary N) is 5. The molecule has 0 spiro atoms. The Morgan fingerprint density at radius 2 is 0.928 bits per heavy atom. The molecule has 25 heteroatoms. The topological polar surface area (TPSA) is 347 Å². The van der Waals surface area contributed by atoms with Crippen LogP contribution < -0.4 is 34.0 Å². The van der Waals surface area contributed by atoms with Crippen LogP contribution in [0.5, 0.6) is 0 Å². The van der Waals surface area contributed by atoms with E-state index in [-0.39, 0.29) is 103 Å². The average Bonchev–Trinajstić information content (AvgIpc) is 3.88. The largest absolute Gasteiger partial charge is 0.383 e. The summed E-state index contributed by atoms with van der Waals surface area (Å²) in [5, 5.41) is 4.03. The van der Waals surface area contributed by atoms with Crippen molar-refractivity contribution in [2.45, 2.75) is 85.5 Å². The van der Waals surface area contributed by atoms with E-state index < -0.39 is 80.0 Å². The number of rotatable bonds is 46. The number of hydrogen-bond donors (Lipinski definition) is 7. The number of carbonyl (C=O) groups is 9. The van der Waals surface area contributed by atoms with Crippen LogP contribution in [0.25, 0.3) is 10.9 Å². The van der Waals surface area contributed by atoms with Gasteiger partial charge in [0, 0.05) is 76.6 Å². The second-order valence-electron chi connectivity index (χ2n) is 21.7. The van der Waals surface area contributed by atoms with E-state index in [1.54, 1.807) is 0 Å². The number of nitrogens with zero attached hydrogens (tertiary/aromatic N) is 8. The Balaban J connectivity index is 2.52. The molecule has 1 aromatic heterocycles. The Morgan fingerprint density at radius 3 is 1.37 bits per heavy atom. The van der Waals surface area contributed by atoms with Gasteiger partial charge in [-0.2, -0.15) is 0 Å². The number of ether oxygens (including phenoxy) is 1. The van der Waals surface area contributed by atoms with Crippen molar-refractivity contribution in [3.05, 3.63) is 48.7 Å². The molecule has 2 aromatic rings. The Morgan fingerprint density at radius 1 is 0.530 bits per heavy atom. The summed E-state index contributed by atoms with van der Waals surface area (Å²) in [6.45, 7) is 11.3. The van der Waals surface area contributed by atoms with Crippen LogP contribution >= 0.6 is 0 Å². The van der Waals surface area contributed by atoms with Crippen LogP contribution in [0.15, 0.2) is 43.1 Å². The van der Waals surface area contributed by atoms with Gasteiger partial charge in [0.05, 0.1) is 59.0 Å². The van der Waals surface area contributed by atoms with Gasteiger partial charge in [0.1, 0.15) is 6.54 Å². The maximum Gasteiger partial charge on any atom is 0.242 e. The number of carbonyl (C=O) groups excluding carboxylic acids is 9. The van der Waals surface area contributed by atoms with E-state index in [2.05, 4.69) is 16.9 Å².